The van der Waals surface area contributed by atoms with Gasteiger partial charge >= 0.3 is 0 Å². The lowest BCUT2D eigenvalue weighted by molar-refractivity contribution is -0.384. The number of ether oxygens (including phenoxy) is 1. The van der Waals surface area contributed by atoms with Gasteiger partial charge in [-0.05, 0) is 36.8 Å². The zero-order valence-electron chi connectivity index (χ0n) is 19.7. The Kier molecular flexibility index (Phi) is 7.13. The van der Waals surface area contributed by atoms with Gasteiger partial charge in [0, 0.05) is 34.7 Å². The summed E-state index contributed by atoms with van der Waals surface area (Å²) in [6.45, 7) is 2.19. The fourth-order valence-corrected chi connectivity index (χ4v) is 4.70. The summed E-state index contributed by atoms with van der Waals surface area (Å²) in [5.41, 5.74) is 2.99. The summed E-state index contributed by atoms with van der Waals surface area (Å²) in [5.74, 6) is 2.43. The number of non-ortho nitro benzene ring substituents is 1. The number of hydrogen-bond donors (Lipinski definition) is 1. The number of hydrogen-bond acceptors (Lipinski definition) is 9. The number of furan rings is 1. The summed E-state index contributed by atoms with van der Waals surface area (Å²) in [5, 5.41) is 23.7. The zero-order chi connectivity index (χ0) is 24.9. The average Bonchev–Trinajstić information content (AvgIpc) is 3.33. The number of thioether (sulfide) groups is 1. The number of rotatable bonds is 9. The SMILES string of the molecule is CCCCCCSc1nnc2c(n1)O[C@@H](c1ccc(-c3ccc([N+](=O)[O-])cc3)o1)Nc1ccccc1-2. The van der Waals surface area contributed by atoms with E-state index in [0.29, 0.717) is 28.3 Å². The molecule has 0 fully saturated rings. The number of nitro benzene ring substituents is 1. The minimum absolute atomic E-state index is 0.0266. The maximum atomic E-state index is 11.0. The summed E-state index contributed by atoms with van der Waals surface area (Å²) < 4.78 is 12.4. The molecule has 9 nitrogen and oxygen atoms in total. The van der Waals surface area contributed by atoms with Gasteiger partial charge in [0.1, 0.15) is 5.76 Å². The van der Waals surface area contributed by atoms with E-state index in [-0.39, 0.29) is 5.69 Å². The maximum absolute atomic E-state index is 11.0. The van der Waals surface area contributed by atoms with Crippen molar-refractivity contribution < 1.29 is 14.1 Å². The highest BCUT2D eigenvalue weighted by atomic mass is 32.2. The first kappa shape index (κ1) is 23.8. The number of anilines is 1. The summed E-state index contributed by atoms with van der Waals surface area (Å²) in [6, 6.07) is 17.6. The molecular formula is C26H25N5O4S. The number of fused-ring (bicyclic) bond motifs is 3. The second-order valence-electron chi connectivity index (χ2n) is 8.35. The van der Waals surface area contributed by atoms with E-state index in [2.05, 4.69) is 27.4 Å². The molecular weight excluding hydrogens is 478 g/mol. The number of aromatic nitrogens is 3. The van der Waals surface area contributed by atoms with Gasteiger partial charge in [0.25, 0.3) is 5.69 Å². The van der Waals surface area contributed by atoms with E-state index in [4.69, 9.17) is 9.15 Å². The molecule has 5 rings (SSSR count). The maximum Gasteiger partial charge on any atom is 0.269 e. The van der Waals surface area contributed by atoms with Gasteiger partial charge in [0.15, 0.2) is 11.5 Å². The lowest BCUT2D eigenvalue weighted by atomic mass is 10.1. The van der Waals surface area contributed by atoms with Crippen LogP contribution in [-0.2, 0) is 0 Å². The van der Waals surface area contributed by atoms with Crippen molar-refractivity contribution in [2.45, 2.75) is 44.0 Å². The third kappa shape index (κ3) is 5.18. The summed E-state index contributed by atoms with van der Waals surface area (Å²) in [6.07, 6.45) is 4.06. The molecule has 2 aromatic carbocycles. The average molecular weight is 504 g/mol. The molecule has 10 heteroatoms. The Morgan fingerprint density at radius 2 is 1.86 bits per heavy atom. The highest BCUT2D eigenvalue weighted by Gasteiger charge is 2.28. The van der Waals surface area contributed by atoms with Crippen LogP contribution in [0.15, 0.2) is 70.2 Å². The number of unbranched alkanes of at least 4 members (excludes halogenated alkanes) is 3. The zero-order valence-corrected chi connectivity index (χ0v) is 20.5. The number of benzene rings is 2. The van der Waals surface area contributed by atoms with Crippen LogP contribution in [0.3, 0.4) is 0 Å². The van der Waals surface area contributed by atoms with Gasteiger partial charge in [-0.15, -0.1) is 10.2 Å². The van der Waals surface area contributed by atoms with Gasteiger partial charge in [-0.3, -0.25) is 10.1 Å². The van der Waals surface area contributed by atoms with Crippen molar-refractivity contribution in [3.05, 3.63) is 76.5 Å². The molecule has 0 spiro atoms. The van der Waals surface area contributed by atoms with Gasteiger partial charge in [0.2, 0.25) is 17.3 Å². The highest BCUT2D eigenvalue weighted by molar-refractivity contribution is 7.99. The topological polar surface area (TPSA) is 116 Å². The predicted octanol–water partition coefficient (Wildman–Crippen LogP) is 6.88. The smallest absolute Gasteiger partial charge is 0.269 e. The molecule has 4 aromatic rings. The van der Waals surface area contributed by atoms with Crippen molar-refractivity contribution in [1.29, 1.82) is 0 Å². The third-order valence-electron chi connectivity index (χ3n) is 5.81. The minimum Gasteiger partial charge on any atom is -0.455 e. The molecule has 0 aliphatic carbocycles. The molecule has 1 aliphatic heterocycles. The van der Waals surface area contributed by atoms with Gasteiger partial charge in [-0.2, -0.15) is 4.98 Å². The van der Waals surface area contributed by atoms with E-state index < -0.39 is 11.2 Å². The molecule has 0 saturated carbocycles. The Morgan fingerprint density at radius 1 is 1.03 bits per heavy atom. The molecule has 1 N–H and O–H groups in total. The van der Waals surface area contributed by atoms with Gasteiger partial charge in [-0.25, -0.2) is 0 Å². The van der Waals surface area contributed by atoms with Crippen molar-refractivity contribution in [3.63, 3.8) is 0 Å². The fraction of sp³-hybridized carbons (Fsp3) is 0.269. The van der Waals surface area contributed by atoms with Crippen molar-refractivity contribution in [3.8, 4) is 28.5 Å². The first-order valence-corrected chi connectivity index (χ1v) is 12.9. The van der Waals surface area contributed by atoms with Crippen molar-refractivity contribution >= 4 is 23.1 Å². The van der Waals surface area contributed by atoms with Crippen molar-refractivity contribution in [1.82, 2.24) is 15.2 Å². The standard InChI is InChI=1S/C26H25N5O4S/c1-2-3-4-7-16-36-26-28-25-23(29-30-26)19-8-5-6-9-20(19)27-24(35-25)22-15-14-21(34-22)17-10-12-18(13-11-17)31(32)33/h5-6,8-15,24,27H,2-4,7,16H2,1H3/t24-/m0/s1. The Hall–Kier alpha value is -3.92. The Labute approximate surface area is 212 Å². The number of nitrogens with one attached hydrogen (secondary N) is 1. The van der Waals surface area contributed by atoms with Crippen LogP contribution in [0, 0.1) is 10.1 Å². The quantitative estimate of drug-likeness (QED) is 0.113. The van der Waals surface area contributed by atoms with E-state index >= 15 is 0 Å². The molecule has 0 bridgehead atoms. The van der Waals surface area contributed by atoms with Crippen molar-refractivity contribution in [2.24, 2.45) is 0 Å². The van der Waals surface area contributed by atoms with Crippen LogP contribution in [0.4, 0.5) is 11.4 Å². The van der Waals surface area contributed by atoms with Crippen LogP contribution in [-0.4, -0.2) is 25.9 Å². The molecule has 0 amide bonds. The first-order chi connectivity index (χ1) is 17.6. The van der Waals surface area contributed by atoms with Gasteiger partial charge in [0.05, 0.1) is 4.92 Å². The van der Waals surface area contributed by atoms with E-state index in [0.717, 1.165) is 29.0 Å². The van der Waals surface area contributed by atoms with Crippen LogP contribution in [0.25, 0.3) is 22.6 Å². The second-order valence-corrected chi connectivity index (χ2v) is 9.41. The molecule has 184 valence electrons. The largest absolute Gasteiger partial charge is 0.455 e. The van der Waals surface area contributed by atoms with Crippen molar-refractivity contribution in [2.75, 3.05) is 11.1 Å². The minimum atomic E-state index is -0.654. The van der Waals surface area contributed by atoms with Crippen LogP contribution < -0.4 is 10.1 Å². The Morgan fingerprint density at radius 3 is 2.67 bits per heavy atom. The molecule has 0 saturated heterocycles. The third-order valence-corrected chi connectivity index (χ3v) is 6.73. The number of para-hydroxylation sites is 1. The van der Waals surface area contributed by atoms with Crippen LogP contribution >= 0.6 is 11.8 Å². The first-order valence-electron chi connectivity index (χ1n) is 11.9. The molecule has 1 aliphatic rings. The lowest BCUT2D eigenvalue weighted by Crippen LogP contribution is -2.16. The molecule has 0 unspecified atom stereocenters. The van der Waals surface area contributed by atoms with Gasteiger partial charge < -0.3 is 14.5 Å². The van der Waals surface area contributed by atoms with Crippen LogP contribution in [0.5, 0.6) is 5.88 Å². The summed E-state index contributed by atoms with van der Waals surface area (Å²) >= 11 is 1.58. The molecule has 2 aromatic heterocycles. The van der Waals surface area contributed by atoms with E-state index in [1.54, 1.807) is 23.9 Å². The fourth-order valence-electron chi connectivity index (χ4n) is 3.93. The molecule has 0 radical (unpaired) electrons. The normalized spacial score (nSPS) is 14.2. The molecule has 1 atom stereocenters. The number of nitrogens with zero attached hydrogens (tertiary/aromatic N) is 4. The predicted molar refractivity (Wildman–Crippen MR) is 138 cm³/mol. The summed E-state index contributed by atoms with van der Waals surface area (Å²) in [7, 11) is 0. The summed E-state index contributed by atoms with van der Waals surface area (Å²) in [4.78, 5) is 15.2. The second kappa shape index (κ2) is 10.8. The van der Waals surface area contributed by atoms with Gasteiger partial charge in [-0.1, -0.05) is 56.1 Å². The van der Waals surface area contributed by atoms with E-state index in [1.165, 1.54) is 31.4 Å². The highest BCUT2D eigenvalue weighted by Crippen LogP contribution is 2.40. The van der Waals surface area contributed by atoms with E-state index in [9.17, 15) is 10.1 Å². The van der Waals surface area contributed by atoms with E-state index in [1.807, 2.05) is 36.4 Å². The lowest BCUT2D eigenvalue weighted by Gasteiger charge is -2.16. The molecule has 36 heavy (non-hydrogen) atoms. The Balaban J connectivity index is 1.41. The Bertz CT molecular complexity index is 1360. The van der Waals surface area contributed by atoms with Crippen LogP contribution in [0.2, 0.25) is 0 Å². The number of nitro groups is 1. The monoisotopic (exact) mass is 503 g/mol. The molecule has 3 heterocycles. The van der Waals surface area contributed by atoms with Crippen LogP contribution in [0.1, 0.15) is 44.6 Å².